The van der Waals surface area contributed by atoms with E-state index >= 15 is 0 Å². The molecule has 4 heteroatoms. The summed E-state index contributed by atoms with van der Waals surface area (Å²) in [5.74, 6) is 0.155. The van der Waals surface area contributed by atoms with Crippen molar-refractivity contribution in [3.05, 3.63) is 0 Å². The minimum absolute atomic E-state index is 0.0498. The van der Waals surface area contributed by atoms with E-state index < -0.39 is 5.60 Å². The highest BCUT2D eigenvalue weighted by molar-refractivity contribution is 4.80. The predicted octanol–water partition coefficient (Wildman–Crippen LogP) is -0.320. The van der Waals surface area contributed by atoms with Gasteiger partial charge >= 0.3 is 0 Å². The van der Waals surface area contributed by atoms with Crippen molar-refractivity contribution in [2.24, 2.45) is 5.92 Å². The molecule has 0 rings (SSSR count). The molecular formula is C10H23NO3. The lowest BCUT2D eigenvalue weighted by atomic mass is 9.92. The first-order chi connectivity index (χ1) is 6.44. The zero-order chi connectivity index (χ0) is 11.2. The van der Waals surface area contributed by atoms with Gasteiger partial charge in [0.25, 0.3) is 0 Å². The number of nitrogens with zero attached hydrogens (tertiary/aromatic N) is 1. The van der Waals surface area contributed by atoms with Crippen LogP contribution in [-0.4, -0.2) is 58.7 Å². The van der Waals surface area contributed by atoms with Crippen LogP contribution in [0.15, 0.2) is 0 Å². The largest absolute Gasteiger partial charge is 0.395 e. The van der Waals surface area contributed by atoms with Gasteiger partial charge in [-0.3, -0.25) is 4.90 Å². The third-order valence-electron chi connectivity index (χ3n) is 2.62. The Kier molecular flexibility index (Phi) is 6.27. The van der Waals surface area contributed by atoms with Gasteiger partial charge in [-0.1, -0.05) is 13.8 Å². The molecule has 0 saturated heterocycles. The molecule has 0 bridgehead atoms. The van der Waals surface area contributed by atoms with Gasteiger partial charge in [-0.05, 0) is 12.8 Å². The monoisotopic (exact) mass is 205 g/mol. The molecule has 0 aromatic carbocycles. The number of hydrogen-bond donors (Lipinski definition) is 3. The third kappa shape index (κ3) is 4.91. The summed E-state index contributed by atoms with van der Waals surface area (Å²) in [6, 6.07) is 0. The third-order valence-corrected chi connectivity index (χ3v) is 2.62. The molecule has 0 fully saturated rings. The molecule has 3 N–H and O–H groups in total. The smallest absolute Gasteiger partial charge is 0.0768 e. The van der Waals surface area contributed by atoms with Crippen molar-refractivity contribution in [2.45, 2.75) is 26.4 Å². The van der Waals surface area contributed by atoms with Crippen LogP contribution in [0.4, 0.5) is 0 Å². The minimum Gasteiger partial charge on any atom is -0.395 e. The molecule has 4 nitrogen and oxygen atoms in total. The summed E-state index contributed by atoms with van der Waals surface area (Å²) in [5, 5.41) is 27.6. The van der Waals surface area contributed by atoms with Crippen LogP contribution in [0.5, 0.6) is 0 Å². The fourth-order valence-electron chi connectivity index (χ4n) is 1.19. The van der Waals surface area contributed by atoms with Crippen LogP contribution in [0.1, 0.15) is 20.8 Å². The molecule has 0 aliphatic rings. The molecule has 1 atom stereocenters. The number of aliphatic hydroxyl groups excluding tert-OH is 2. The van der Waals surface area contributed by atoms with Crippen molar-refractivity contribution < 1.29 is 15.3 Å². The van der Waals surface area contributed by atoms with E-state index in [-0.39, 0.29) is 19.1 Å². The molecule has 0 radical (unpaired) electrons. The maximum atomic E-state index is 10.0. The Bertz CT molecular complexity index is 142. The first-order valence-corrected chi connectivity index (χ1v) is 5.10. The molecule has 0 saturated carbocycles. The van der Waals surface area contributed by atoms with E-state index in [0.29, 0.717) is 19.6 Å². The van der Waals surface area contributed by atoms with Crippen LogP contribution < -0.4 is 0 Å². The molecule has 0 spiro atoms. The molecule has 14 heavy (non-hydrogen) atoms. The zero-order valence-corrected chi connectivity index (χ0v) is 9.40. The van der Waals surface area contributed by atoms with Gasteiger partial charge < -0.3 is 15.3 Å². The van der Waals surface area contributed by atoms with Gasteiger partial charge in [-0.25, -0.2) is 0 Å². The summed E-state index contributed by atoms with van der Waals surface area (Å²) in [7, 11) is 0. The summed E-state index contributed by atoms with van der Waals surface area (Å²) in [6.07, 6.45) is 0. The Balaban J connectivity index is 4.12. The van der Waals surface area contributed by atoms with Gasteiger partial charge in [0.15, 0.2) is 0 Å². The maximum Gasteiger partial charge on any atom is 0.0768 e. The molecule has 0 aliphatic heterocycles. The molecule has 0 aromatic heterocycles. The van der Waals surface area contributed by atoms with E-state index in [2.05, 4.69) is 0 Å². The summed E-state index contributed by atoms with van der Waals surface area (Å²) < 4.78 is 0. The highest BCUT2D eigenvalue weighted by Crippen LogP contribution is 2.17. The van der Waals surface area contributed by atoms with E-state index in [4.69, 9.17) is 10.2 Å². The number of aliphatic hydroxyl groups is 3. The Hall–Kier alpha value is -0.160. The second-order valence-electron chi connectivity index (χ2n) is 4.24. The van der Waals surface area contributed by atoms with Crippen molar-refractivity contribution in [3.63, 3.8) is 0 Å². The summed E-state index contributed by atoms with van der Waals surface area (Å²) in [4.78, 5) is 1.86. The molecule has 0 amide bonds. The topological polar surface area (TPSA) is 63.9 Å². The lowest BCUT2D eigenvalue weighted by Crippen LogP contribution is -2.46. The predicted molar refractivity (Wildman–Crippen MR) is 56.1 cm³/mol. The summed E-state index contributed by atoms with van der Waals surface area (Å²) in [5.41, 5.74) is -0.773. The quantitative estimate of drug-likeness (QED) is 0.533. The lowest BCUT2D eigenvalue weighted by molar-refractivity contribution is -0.0244. The van der Waals surface area contributed by atoms with Gasteiger partial charge in [-0.15, -0.1) is 0 Å². The number of hydrogen-bond acceptors (Lipinski definition) is 4. The van der Waals surface area contributed by atoms with Crippen molar-refractivity contribution in [1.82, 2.24) is 4.90 Å². The molecule has 86 valence electrons. The zero-order valence-electron chi connectivity index (χ0n) is 9.40. The highest BCUT2D eigenvalue weighted by atomic mass is 16.3. The van der Waals surface area contributed by atoms with E-state index in [0.717, 1.165) is 0 Å². The van der Waals surface area contributed by atoms with E-state index in [1.165, 1.54) is 0 Å². The Morgan fingerprint density at radius 1 is 1.14 bits per heavy atom. The van der Waals surface area contributed by atoms with Crippen LogP contribution in [0.2, 0.25) is 0 Å². The standard InChI is InChI=1S/C10H23NO3/c1-9(2)10(3,14)8-11(4-6-12)5-7-13/h9,12-14H,4-8H2,1-3H3. The van der Waals surface area contributed by atoms with Crippen molar-refractivity contribution >= 4 is 0 Å². The average molecular weight is 205 g/mol. The average Bonchev–Trinajstić information content (AvgIpc) is 2.04. The highest BCUT2D eigenvalue weighted by Gasteiger charge is 2.27. The van der Waals surface area contributed by atoms with Crippen LogP contribution in [0.25, 0.3) is 0 Å². The first-order valence-electron chi connectivity index (χ1n) is 5.10. The molecule has 1 unspecified atom stereocenters. The van der Waals surface area contributed by atoms with Crippen molar-refractivity contribution in [2.75, 3.05) is 32.8 Å². The van der Waals surface area contributed by atoms with Gasteiger partial charge in [0.2, 0.25) is 0 Å². The Labute approximate surface area is 86.2 Å². The fourth-order valence-corrected chi connectivity index (χ4v) is 1.19. The van der Waals surface area contributed by atoms with E-state index in [1.807, 2.05) is 18.7 Å². The lowest BCUT2D eigenvalue weighted by Gasteiger charge is -2.33. The first kappa shape index (κ1) is 13.8. The SMILES string of the molecule is CC(C)C(C)(O)CN(CCO)CCO. The van der Waals surface area contributed by atoms with Crippen molar-refractivity contribution in [1.29, 1.82) is 0 Å². The minimum atomic E-state index is -0.773. The maximum absolute atomic E-state index is 10.0. The van der Waals surface area contributed by atoms with Gasteiger partial charge in [0.1, 0.15) is 0 Å². The molecular weight excluding hydrogens is 182 g/mol. The van der Waals surface area contributed by atoms with Gasteiger partial charge in [-0.2, -0.15) is 0 Å². The normalized spacial score (nSPS) is 16.3. The second-order valence-corrected chi connectivity index (χ2v) is 4.24. The van der Waals surface area contributed by atoms with Gasteiger partial charge in [0.05, 0.1) is 18.8 Å². The molecule has 0 heterocycles. The fraction of sp³-hybridized carbons (Fsp3) is 1.00. The molecule has 0 aromatic rings. The van der Waals surface area contributed by atoms with Crippen LogP contribution in [0.3, 0.4) is 0 Å². The second kappa shape index (κ2) is 6.35. The van der Waals surface area contributed by atoms with Gasteiger partial charge in [0, 0.05) is 19.6 Å². The van der Waals surface area contributed by atoms with Crippen LogP contribution in [0, 0.1) is 5.92 Å². The van der Waals surface area contributed by atoms with Crippen molar-refractivity contribution in [3.8, 4) is 0 Å². The number of rotatable bonds is 7. The van der Waals surface area contributed by atoms with Crippen LogP contribution in [-0.2, 0) is 0 Å². The Morgan fingerprint density at radius 3 is 1.86 bits per heavy atom. The van der Waals surface area contributed by atoms with Crippen LogP contribution >= 0.6 is 0 Å². The summed E-state index contributed by atoms with van der Waals surface area (Å²) in [6.45, 7) is 7.24. The molecule has 0 aliphatic carbocycles. The summed E-state index contributed by atoms with van der Waals surface area (Å²) >= 11 is 0. The Morgan fingerprint density at radius 2 is 1.57 bits per heavy atom. The van der Waals surface area contributed by atoms with E-state index in [1.54, 1.807) is 6.92 Å². The van der Waals surface area contributed by atoms with E-state index in [9.17, 15) is 5.11 Å².